The average molecular weight is 311 g/mol. The first-order chi connectivity index (χ1) is 9.39. The number of aromatic nitrogens is 2. The minimum absolute atomic E-state index is 0.116. The van der Waals surface area contributed by atoms with Crippen molar-refractivity contribution >= 4 is 33.3 Å². The van der Waals surface area contributed by atoms with Crippen LogP contribution in [0.1, 0.15) is 11.7 Å². The molecule has 0 saturated carbocycles. The van der Waals surface area contributed by atoms with Crippen LogP contribution in [0.3, 0.4) is 0 Å². The van der Waals surface area contributed by atoms with E-state index in [1.54, 1.807) is 24.5 Å². The molecular weight excluding hydrogens is 298 g/mol. The molecular formula is C12H13N3O3S2. The Morgan fingerprint density at radius 1 is 1.30 bits per heavy atom. The van der Waals surface area contributed by atoms with Gasteiger partial charge >= 0.3 is 0 Å². The fourth-order valence-corrected chi connectivity index (χ4v) is 4.16. The molecule has 0 aliphatic rings. The lowest BCUT2D eigenvalue weighted by molar-refractivity contribution is 0.0922. The zero-order chi connectivity index (χ0) is 14.9. The van der Waals surface area contributed by atoms with Crippen LogP contribution in [-0.2, 0) is 9.84 Å². The molecule has 0 aliphatic heterocycles. The molecule has 2 N–H and O–H groups in total. The number of hydrogen-bond acceptors (Lipinski definition) is 6. The minimum atomic E-state index is -3.81. The Balaban J connectivity index is 2.72. The van der Waals surface area contributed by atoms with Gasteiger partial charge in [0.1, 0.15) is 9.92 Å². The van der Waals surface area contributed by atoms with Crippen molar-refractivity contribution in [3.05, 3.63) is 30.3 Å². The molecule has 0 aliphatic carbocycles. The Labute approximate surface area is 120 Å². The first-order valence-electron chi connectivity index (χ1n) is 5.63. The molecule has 2 rings (SSSR count). The third kappa shape index (κ3) is 2.32. The second-order valence-corrected chi connectivity index (χ2v) is 6.65. The standard InChI is InChI=1S/C12H13N3O3S2/c1-8(16)15-11(13)10(12(14-15)19-2)20(17,18)9-6-4-3-5-7-9/h3-7H,13H2,1-2H3. The van der Waals surface area contributed by atoms with Crippen molar-refractivity contribution in [3.63, 3.8) is 0 Å². The van der Waals surface area contributed by atoms with E-state index in [4.69, 9.17) is 5.73 Å². The summed E-state index contributed by atoms with van der Waals surface area (Å²) >= 11 is 1.13. The number of nitrogens with two attached hydrogens (primary N) is 1. The third-order valence-corrected chi connectivity index (χ3v) is 5.29. The molecule has 0 radical (unpaired) electrons. The summed E-state index contributed by atoms with van der Waals surface area (Å²) in [6, 6.07) is 7.92. The van der Waals surface area contributed by atoms with E-state index in [2.05, 4.69) is 5.10 Å². The lowest BCUT2D eigenvalue weighted by atomic mass is 10.4. The lowest BCUT2D eigenvalue weighted by Gasteiger charge is -2.05. The summed E-state index contributed by atoms with van der Waals surface area (Å²) in [6.45, 7) is 1.27. The van der Waals surface area contributed by atoms with Crippen LogP contribution < -0.4 is 5.73 Å². The molecule has 0 amide bonds. The Morgan fingerprint density at radius 3 is 2.40 bits per heavy atom. The van der Waals surface area contributed by atoms with E-state index >= 15 is 0 Å². The summed E-state index contributed by atoms with van der Waals surface area (Å²) in [5, 5.41) is 4.16. The first kappa shape index (κ1) is 14.6. The highest BCUT2D eigenvalue weighted by atomic mass is 32.2. The van der Waals surface area contributed by atoms with Gasteiger partial charge in [0.05, 0.1) is 4.90 Å². The molecule has 0 atom stereocenters. The summed E-state index contributed by atoms with van der Waals surface area (Å²) in [6.07, 6.45) is 1.68. The molecule has 0 fully saturated rings. The van der Waals surface area contributed by atoms with Gasteiger partial charge < -0.3 is 5.73 Å². The van der Waals surface area contributed by atoms with Gasteiger partial charge in [0.15, 0.2) is 5.82 Å². The summed E-state index contributed by atoms with van der Waals surface area (Å²) < 4.78 is 26.1. The molecule has 8 heteroatoms. The largest absolute Gasteiger partial charge is 0.382 e. The summed E-state index contributed by atoms with van der Waals surface area (Å²) in [5.41, 5.74) is 5.79. The van der Waals surface area contributed by atoms with E-state index < -0.39 is 15.7 Å². The number of sulfone groups is 1. The maximum Gasteiger partial charge on any atom is 0.245 e. The van der Waals surface area contributed by atoms with Crippen LogP contribution in [0.2, 0.25) is 0 Å². The predicted molar refractivity (Wildman–Crippen MR) is 76.6 cm³/mol. The van der Waals surface area contributed by atoms with Crippen LogP contribution >= 0.6 is 11.8 Å². The molecule has 1 heterocycles. The molecule has 0 bridgehead atoms. The number of hydrogen-bond donors (Lipinski definition) is 1. The maximum absolute atomic E-state index is 12.6. The number of nitrogens with zero attached hydrogens (tertiary/aromatic N) is 2. The smallest absolute Gasteiger partial charge is 0.245 e. The minimum Gasteiger partial charge on any atom is -0.382 e. The fourth-order valence-electron chi connectivity index (χ4n) is 1.74. The summed E-state index contributed by atoms with van der Waals surface area (Å²) in [7, 11) is -3.81. The van der Waals surface area contributed by atoms with Gasteiger partial charge in [-0.2, -0.15) is 9.78 Å². The molecule has 0 spiro atoms. The third-order valence-electron chi connectivity index (χ3n) is 2.66. The average Bonchev–Trinajstić information content (AvgIpc) is 2.77. The summed E-state index contributed by atoms with van der Waals surface area (Å²) in [5.74, 6) is -0.599. The zero-order valence-electron chi connectivity index (χ0n) is 10.9. The predicted octanol–water partition coefficient (Wildman–Crippen LogP) is 1.68. The van der Waals surface area contributed by atoms with Gasteiger partial charge in [-0.05, 0) is 18.4 Å². The van der Waals surface area contributed by atoms with Crippen molar-refractivity contribution in [1.29, 1.82) is 0 Å². The van der Waals surface area contributed by atoms with E-state index in [0.29, 0.717) is 0 Å². The molecule has 1 aromatic carbocycles. The SMILES string of the molecule is CSc1nn(C(C)=O)c(N)c1S(=O)(=O)c1ccccc1. The Kier molecular flexibility index (Phi) is 3.87. The van der Waals surface area contributed by atoms with Gasteiger partial charge in [-0.1, -0.05) is 18.2 Å². The lowest BCUT2D eigenvalue weighted by Crippen LogP contribution is -2.12. The highest BCUT2D eigenvalue weighted by Gasteiger charge is 2.29. The first-order valence-corrected chi connectivity index (χ1v) is 8.34. The van der Waals surface area contributed by atoms with E-state index in [9.17, 15) is 13.2 Å². The number of thioether (sulfide) groups is 1. The number of benzene rings is 1. The molecule has 0 unspecified atom stereocenters. The van der Waals surface area contributed by atoms with E-state index in [0.717, 1.165) is 16.4 Å². The van der Waals surface area contributed by atoms with Gasteiger partial charge in [0, 0.05) is 6.92 Å². The Morgan fingerprint density at radius 2 is 1.90 bits per heavy atom. The second kappa shape index (κ2) is 5.29. The van der Waals surface area contributed by atoms with Gasteiger partial charge in [0.25, 0.3) is 0 Å². The molecule has 20 heavy (non-hydrogen) atoms. The van der Waals surface area contributed by atoms with Crippen molar-refractivity contribution in [2.24, 2.45) is 0 Å². The van der Waals surface area contributed by atoms with Crippen LogP contribution in [0, 0.1) is 0 Å². The zero-order valence-corrected chi connectivity index (χ0v) is 12.5. The molecule has 1 aromatic heterocycles. The number of carbonyl (C=O) groups excluding carboxylic acids is 1. The Bertz CT molecular complexity index is 752. The van der Waals surface area contributed by atoms with Crippen molar-refractivity contribution in [2.45, 2.75) is 21.7 Å². The molecule has 6 nitrogen and oxygen atoms in total. The number of anilines is 1. The monoisotopic (exact) mass is 311 g/mol. The van der Waals surface area contributed by atoms with Crippen molar-refractivity contribution in [3.8, 4) is 0 Å². The molecule has 106 valence electrons. The van der Waals surface area contributed by atoms with Gasteiger partial charge in [-0.15, -0.1) is 11.8 Å². The van der Waals surface area contributed by atoms with E-state index in [-0.39, 0.29) is 20.6 Å². The van der Waals surface area contributed by atoms with Crippen LogP contribution in [0.15, 0.2) is 45.1 Å². The van der Waals surface area contributed by atoms with Crippen LogP contribution in [0.5, 0.6) is 0 Å². The van der Waals surface area contributed by atoms with Crippen molar-refractivity contribution in [1.82, 2.24) is 9.78 Å². The number of carbonyl (C=O) groups is 1. The number of rotatable bonds is 3. The Hall–Kier alpha value is -1.80. The maximum atomic E-state index is 12.6. The molecule has 2 aromatic rings. The van der Waals surface area contributed by atoms with Crippen LogP contribution in [0.4, 0.5) is 5.82 Å². The van der Waals surface area contributed by atoms with E-state index in [1.165, 1.54) is 19.1 Å². The van der Waals surface area contributed by atoms with Crippen LogP contribution in [0.25, 0.3) is 0 Å². The van der Waals surface area contributed by atoms with Crippen molar-refractivity contribution in [2.75, 3.05) is 12.0 Å². The molecule has 0 saturated heterocycles. The van der Waals surface area contributed by atoms with E-state index in [1.807, 2.05) is 0 Å². The fraction of sp³-hybridized carbons (Fsp3) is 0.167. The topological polar surface area (TPSA) is 95.0 Å². The highest BCUT2D eigenvalue weighted by Crippen LogP contribution is 2.33. The van der Waals surface area contributed by atoms with Gasteiger partial charge in [0.2, 0.25) is 15.7 Å². The van der Waals surface area contributed by atoms with Gasteiger partial charge in [-0.3, -0.25) is 4.79 Å². The van der Waals surface area contributed by atoms with Crippen molar-refractivity contribution < 1.29 is 13.2 Å². The highest BCUT2D eigenvalue weighted by molar-refractivity contribution is 7.99. The van der Waals surface area contributed by atoms with Gasteiger partial charge in [-0.25, -0.2) is 8.42 Å². The quantitative estimate of drug-likeness (QED) is 0.867. The van der Waals surface area contributed by atoms with Crippen LogP contribution in [-0.4, -0.2) is 30.4 Å². The normalized spacial score (nSPS) is 11.5. The summed E-state index contributed by atoms with van der Waals surface area (Å²) in [4.78, 5) is 11.4. The number of nitrogen functional groups attached to an aromatic ring is 1. The second-order valence-electron chi connectivity index (χ2n) is 3.97.